The molecule has 2 N–H and O–H groups in total. The minimum atomic E-state index is -4.24. The number of rotatable bonds is 6. The Kier molecular flexibility index (Phi) is 5.08. The second kappa shape index (κ2) is 7.58. The minimum Gasteiger partial charge on any atom is -0.477 e. The van der Waals surface area contributed by atoms with Crippen molar-refractivity contribution in [2.45, 2.75) is 23.3 Å². The Morgan fingerprint density at radius 1 is 0.933 bits per heavy atom. The van der Waals surface area contributed by atoms with Crippen molar-refractivity contribution >= 4 is 33.4 Å². The Morgan fingerprint density at radius 2 is 1.60 bits per heavy atom. The number of hydrogen-bond donors (Lipinski definition) is 2. The van der Waals surface area contributed by atoms with Gasteiger partial charge >= 0.3 is 12.1 Å². The molecule has 154 valence electrons. The van der Waals surface area contributed by atoms with Crippen LogP contribution in [0.15, 0.2) is 71.6 Å². The number of hydrogen-bond acceptors (Lipinski definition) is 5. The lowest BCUT2D eigenvalue weighted by molar-refractivity contribution is 0.0702. The van der Waals surface area contributed by atoms with E-state index in [-0.39, 0.29) is 15.7 Å². The monoisotopic (exact) mass is 443 g/mol. The largest absolute Gasteiger partial charge is 0.477 e. The van der Waals surface area contributed by atoms with E-state index in [9.17, 15) is 23.1 Å². The highest BCUT2D eigenvalue weighted by molar-refractivity contribution is 7.89. The van der Waals surface area contributed by atoms with E-state index in [2.05, 4.69) is 0 Å². The van der Waals surface area contributed by atoms with Gasteiger partial charge in [-0.1, -0.05) is 42.5 Å². The average Bonchev–Trinajstić information content (AvgIpc) is 3.31. The molecule has 1 aromatic heterocycles. The maximum atomic E-state index is 13.0. The Balaban J connectivity index is 1.59. The zero-order chi connectivity index (χ0) is 21.5. The SMILES string of the molecule is O=C(O)c1ccc(-c2ccc(S(=O)(=O)N(C(=O)O)C3CC3c3ccccc3)cc2)s1. The summed E-state index contributed by atoms with van der Waals surface area (Å²) in [6.45, 7) is 0. The first-order valence-corrected chi connectivity index (χ1v) is 11.3. The molecule has 0 aliphatic heterocycles. The normalized spacial score (nSPS) is 18.0. The van der Waals surface area contributed by atoms with Gasteiger partial charge in [-0.15, -0.1) is 11.3 Å². The number of aromatic carboxylic acids is 1. The molecule has 1 aliphatic rings. The van der Waals surface area contributed by atoms with Crippen LogP contribution in [-0.2, 0) is 10.0 Å². The maximum Gasteiger partial charge on any atom is 0.421 e. The van der Waals surface area contributed by atoms with Crippen molar-refractivity contribution in [2.75, 3.05) is 0 Å². The summed E-state index contributed by atoms with van der Waals surface area (Å²) in [5.74, 6) is -1.18. The van der Waals surface area contributed by atoms with E-state index in [4.69, 9.17) is 5.11 Å². The van der Waals surface area contributed by atoms with Crippen LogP contribution in [0.5, 0.6) is 0 Å². The van der Waals surface area contributed by atoms with Crippen molar-refractivity contribution in [1.82, 2.24) is 4.31 Å². The highest BCUT2D eigenvalue weighted by Gasteiger charge is 2.50. The van der Waals surface area contributed by atoms with Gasteiger partial charge in [0, 0.05) is 10.8 Å². The number of benzene rings is 2. The Morgan fingerprint density at radius 3 is 2.17 bits per heavy atom. The molecule has 1 amide bonds. The molecule has 2 aromatic carbocycles. The van der Waals surface area contributed by atoms with Gasteiger partial charge in [-0.2, -0.15) is 4.31 Å². The van der Waals surface area contributed by atoms with Gasteiger partial charge in [-0.25, -0.2) is 18.0 Å². The van der Waals surface area contributed by atoms with Crippen LogP contribution in [0.2, 0.25) is 0 Å². The molecule has 1 aliphatic carbocycles. The third-order valence-corrected chi connectivity index (χ3v) is 7.92. The summed E-state index contributed by atoms with van der Waals surface area (Å²) < 4.78 is 26.6. The number of carboxylic acid groups (broad SMARTS) is 2. The maximum absolute atomic E-state index is 13.0. The fourth-order valence-electron chi connectivity index (χ4n) is 3.43. The average molecular weight is 444 g/mol. The summed E-state index contributed by atoms with van der Waals surface area (Å²) in [5.41, 5.74) is 1.56. The molecular weight excluding hydrogens is 426 g/mol. The smallest absolute Gasteiger partial charge is 0.421 e. The molecule has 0 spiro atoms. The number of sulfonamides is 1. The third kappa shape index (κ3) is 3.69. The zero-order valence-electron chi connectivity index (χ0n) is 15.5. The fourth-order valence-corrected chi connectivity index (χ4v) is 5.79. The summed E-state index contributed by atoms with van der Waals surface area (Å²) in [5, 5.41) is 18.7. The van der Waals surface area contributed by atoms with E-state index >= 15 is 0 Å². The number of nitrogens with zero attached hydrogens (tertiary/aromatic N) is 1. The Hall–Kier alpha value is -3.17. The van der Waals surface area contributed by atoms with Gasteiger partial charge in [0.05, 0.1) is 10.9 Å². The van der Waals surface area contributed by atoms with Gasteiger partial charge in [0.25, 0.3) is 10.0 Å². The minimum absolute atomic E-state index is 0.123. The van der Waals surface area contributed by atoms with Gasteiger partial charge in [-0.3, -0.25) is 0 Å². The van der Waals surface area contributed by atoms with Crippen molar-refractivity contribution in [2.24, 2.45) is 0 Å². The van der Waals surface area contributed by atoms with Crippen molar-refractivity contribution in [1.29, 1.82) is 0 Å². The quantitative estimate of drug-likeness (QED) is 0.586. The molecule has 1 saturated carbocycles. The van der Waals surface area contributed by atoms with Gasteiger partial charge in [0.2, 0.25) is 0 Å². The van der Waals surface area contributed by atoms with E-state index in [0.29, 0.717) is 21.2 Å². The first-order valence-electron chi connectivity index (χ1n) is 9.05. The number of carbonyl (C=O) groups is 2. The lowest BCUT2D eigenvalue weighted by atomic mass is 10.1. The molecule has 4 rings (SSSR count). The molecule has 7 nitrogen and oxygen atoms in total. The van der Waals surface area contributed by atoms with Crippen molar-refractivity contribution < 1.29 is 28.2 Å². The number of amides is 1. The van der Waals surface area contributed by atoms with Crippen molar-refractivity contribution in [3.8, 4) is 10.4 Å². The first kappa shape index (κ1) is 20.1. The highest BCUT2D eigenvalue weighted by Crippen LogP contribution is 2.46. The fraction of sp³-hybridized carbons (Fsp3) is 0.143. The summed E-state index contributed by atoms with van der Waals surface area (Å²) in [6, 6.07) is 17.5. The lowest BCUT2D eigenvalue weighted by Crippen LogP contribution is -2.38. The van der Waals surface area contributed by atoms with E-state index < -0.39 is 28.1 Å². The molecule has 2 unspecified atom stereocenters. The van der Waals surface area contributed by atoms with E-state index in [1.165, 1.54) is 18.2 Å². The summed E-state index contributed by atoms with van der Waals surface area (Å²) in [4.78, 5) is 23.6. The molecule has 30 heavy (non-hydrogen) atoms. The molecular formula is C21H17NO6S2. The Labute approximate surface area is 176 Å². The van der Waals surface area contributed by atoms with Crippen LogP contribution in [0.1, 0.15) is 27.6 Å². The number of thiophene rings is 1. The first-order chi connectivity index (χ1) is 14.3. The van der Waals surface area contributed by atoms with Gasteiger partial charge in [0.1, 0.15) is 4.88 Å². The summed E-state index contributed by atoms with van der Waals surface area (Å²) in [6.07, 6.45) is -1.06. The molecule has 3 aromatic rings. The van der Waals surface area contributed by atoms with Crippen LogP contribution in [0.4, 0.5) is 4.79 Å². The van der Waals surface area contributed by atoms with Crippen LogP contribution in [0.25, 0.3) is 10.4 Å². The summed E-state index contributed by atoms with van der Waals surface area (Å²) >= 11 is 1.08. The predicted octanol–water partition coefficient (Wildman–Crippen LogP) is 4.34. The third-order valence-electron chi connectivity index (χ3n) is 4.99. The van der Waals surface area contributed by atoms with Crippen LogP contribution < -0.4 is 0 Å². The van der Waals surface area contributed by atoms with E-state index in [1.54, 1.807) is 18.2 Å². The van der Waals surface area contributed by atoms with Crippen LogP contribution in [0.3, 0.4) is 0 Å². The second-order valence-corrected chi connectivity index (χ2v) is 9.80. The topological polar surface area (TPSA) is 112 Å². The van der Waals surface area contributed by atoms with Crippen molar-refractivity contribution in [3.05, 3.63) is 77.2 Å². The van der Waals surface area contributed by atoms with Crippen LogP contribution >= 0.6 is 11.3 Å². The number of carboxylic acids is 1. The van der Waals surface area contributed by atoms with E-state index in [0.717, 1.165) is 16.9 Å². The molecule has 0 saturated heterocycles. The molecule has 0 bridgehead atoms. The van der Waals surface area contributed by atoms with Crippen molar-refractivity contribution in [3.63, 3.8) is 0 Å². The summed E-state index contributed by atoms with van der Waals surface area (Å²) in [7, 11) is -4.24. The molecule has 1 fully saturated rings. The lowest BCUT2D eigenvalue weighted by Gasteiger charge is -2.20. The zero-order valence-corrected chi connectivity index (χ0v) is 17.1. The molecule has 9 heteroatoms. The van der Waals surface area contributed by atoms with Gasteiger partial charge in [0.15, 0.2) is 0 Å². The predicted molar refractivity (Wildman–Crippen MR) is 111 cm³/mol. The van der Waals surface area contributed by atoms with Gasteiger partial charge < -0.3 is 10.2 Å². The molecule has 2 atom stereocenters. The van der Waals surface area contributed by atoms with Crippen LogP contribution in [-0.4, -0.2) is 41.0 Å². The van der Waals surface area contributed by atoms with E-state index in [1.807, 2.05) is 30.3 Å². The standard InChI is InChI=1S/C21H17NO6S2/c23-20(24)19-11-10-18(29-19)14-6-8-15(9-7-14)30(27,28)22(21(25)26)17-12-16(17)13-4-2-1-3-5-13/h1-11,16-17H,12H2,(H,23,24)(H,25,26). The Bertz CT molecular complexity index is 1200. The molecule has 1 heterocycles. The van der Waals surface area contributed by atoms with Gasteiger partial charge in [-0.05, 0) is 41.8 Å². The molecule has 0 radical (unpaired) electrons. The second-order valence-electron chi connectivity index (χ2n) is 6.90. The highest BCUT2D eigenvalue weighted by atomic mass is 32.2. The van der Waals surface area contributed by atoms with Crippen LogP contribution in [0, 0.1) is 0 Å².